The summed E-state index contributed by atoms with van der Waals surface area (Å²) >= 11 is 0. The molecule has 1 atom stereocenters. The van der Waals surface area contributed by atoms with Crippen LogP contribution >= 0.6 is 0 Å². The van der Waals surface area contributed by atoms with E-state index in [-0.39, 0.29) is 12.1 Å². The summed E-state index contributed by atoms with van der Waals surface area (Å²) in [6.45, 7) is 2.50. The normalized spacial score (nSPS) is 11.7. The second kappa shape index (κ2) is 7.40. The first-order chi connectivity index (χ1) is 10.1. The van der Waals surface area contributed by atoms with Crippen LogP contribution in [0.25, 0.3) is 0 Å². The van der Waals surface area contributed by atoms with Crippen LogP contribution in [-0.4, -0.2) is 17.6 Å². The summed E-state index contributed by atoms with van der Waals surface area (Å²) in [4.78, 5) is 15.7. The number of amides is 2. The Balaban J connectivity index is 1.76. The van der Waals surface area contributed by atoms with Gasteiger partial charge in [-0.15, -0.1) is 0 Å². The van der Waals surface area contributed by atoms with Gasteiger partial charge in [0.15, 0.2) is 0 Å². The van der Waals surface area contributed by atoms with Gasteiger partial charge >= 0.3 is 6.03 Å². The van der Waals surface area contributed by atoms with Crippen LogP contribution in [0.15, 0.2) is 48.8 Å². The molecule has 0 spiro atoms. The van der Waals surface area contributed by atoms with Gasteiger partial charge in [-0.3, -0.25) is 4.98 Å². The number of carbonyl (C=O) groups excluding carboxylic acids is 1. The summed E-state index contributed by atoms with van der Waals surface area (Å²) in [5, 5.41) is 5.61. The van der Waals surface area contributed by atoms with E-state index in [0.717, 1.165) is 23.2 Å². The lowest BCUT2D eigenvalue weighted by molar-refractivity contribution is 0.252. The number of nitrogens with zero attached hydrogens (tertiary/aromatic N) is 1. The molecule has 0 fully saturated rings. The number of aromatic nitrogens is 1. The predicted octanol–water partition coefficient (Wildman–Crippen LogP) is 2.47. The van der Waals surface area contributed by atoms with E-state index in [1.807, 2.05) is 43.3 Å². The average molecular weight is 284 g/mol. The molecule has 1 aromatic heterocycles. The number of hydrogen-bond donors (Lipinski definition) is 3. The molecule has 2 amide bonds. The summed E-state index contributed by atoms with van der Waals surface area (Å²) in [7, 11) is 0. The number of benzene rings is 1. The third-order valence-electron chi connectivity index (χ3n) is 3.14. The lowest BCUT2D eigenvalue weighted by Crippen LogP contribution is -2.30. The first-order valence-corrected chi connectivity index (χ1v) is 6.94. The monoisotopic (exact) mass is 284 g/mol. The Morgan fingerprint density at radius 2 is 1.86 bits per heavy atom. The third kappa shape index (κ3) is 4.89. The maximum absolute atomic E-state index is 11.8. The van der Waals surface area contributed by atoms with Crippen molar-refractivity contribution in [1.82, 2.24) is 10.3 Å². The van der Waals surface area contributed by atoms with Gasteiger partial charge < -0.3 is 16.4 Å². The number of urea groups is 1. The van der Waals surface area contributed by atoms with Crippen molar-refractivity contribution in [3.05, 3.63) is 59.9 Å². The van der Waals surface area contributed by atoms with Gasteiger partial charge in [-0.1, -0.05) is 12.1 Å². The molecule has 0 aliphatic heterocycles. The van der Waals surface area contributed by atoms with Crippen LogP contribution in [0.4, 0.5) is 10.5 Å². The van der Waals surface area contributed by atoms with E-state index in [4.69, 9.17) is 5.73 Å². The van der Waals surface area contributed by atoms with Crippen molar-refractivity contribution in [2.45, 2.75) is 19.4 Å². The molecule has 5 heteroatoms. The fourth-order valence-corrected chi connectivity index (χ4v) is 1.92. The zero-order valence-corrected chi connectivity index (χ0v) is 12.0. The zero-order chi connectivity index (χ0) is 15.1. The molecule has 1 unspecified atom stereocenters. The molecule has 5 nitrogen and oxygen atoms in total. The Morgan fingerprint density at radius 1 is 1.19 bits per heavy atom. The molecule has 0 bridgehead atoms. The largest absolute Gasteiger partial charge is 0.338 e. The van der Waals surface area contributed by atoms with E-state index in [2.05, 4.69) is 15.6 Å². The van der Waals surface area contributed by atoms with Gasteiger partial charge in [-0.2, -0.15) is 0 Å². The number of anilines is 1. The maximum Gasteiger partial charge on any atom is 0.319 e. The minimum atomic E-state index is -0.211. The predicted molar refractivity (Wildman–Crippen MR) is 84.0 cm³/mol. The molecule has 2 aromatic rings. The van der Waals surface area contributed by atoms with Gasteiger partial charge in [0, 0.05) is 30.7 Å². The summed E-state index contributed by atoms with van der Waals surface area (Å²) < 4.78 is 0. The minimum absolute atomic E-state index is 0.00626. The highest BCUT2D eigenvalue weighted by molar-refractivity contribution is 5.89. The van der Waals surface area contributed by atoms with Crippen LogP contribution in [0.1, 0.15) is 24.1 Å². The molecule has 21 heavy (non-hydrogen) atoms. The molecular formula is C16H20N4O. The van der Waals surface area contributed by atoms with Gasteiger partial charge in [0.05, 0.1) is 0 Å². The fourth-order valence-electron chi connectivity index (χ4n) is 1.92. The SMILES string of the molecule is CC(N)c1ccc(NC(=O)NCCc2ccncc2)cc1. The maximum atomic E-state index is 11.8. The quantitative estimate of drug-likeness (QED) is 0.789. The van der Waals surface area contributed by atoms with Crippen LogP contribution in [0.2, 0.25) is 0 Å². The van der Waals surface area contributed by atoms with Crippen LogP contribution in [0, 0.1) is 0 Å². The molecule has 0 radical (unpaired) electrons. The molecule has 2 rings (SSSR count). The van der Waals surface area contributed by atoms with Gasteiger partial charge in [-0.05, 0) is 48.7 Å². The summed E-state index contributed by atoms with van der Waals surface area (Å²) in [5.74, 6) is 0. The van der Waals surface area contributed by atoms with Crippen LogP contribution in [0.5, 0.6) is 0 Å². The molecule has 4 N–H and O–H groups in total. The molecule has 1 heterocycles. The number of pyridine rings is 1. The van der Waals surface area contributed by atoms with Crippen molar-refractivity contribution in [3.63, 3.8) is 0 Å². The van der Waals surface area contributed by atoms with E-state index < -0.39 is 0 Å². The number of hydrogen-bond acceptors (Lipinski definition) is 3. The number of nitrogens with two attached hydrogens (primary N) is 1. The minimum Gasteiger partial charge on any atom is -0.338 e. The molecule has 0 saturated carbocycles. The molecule has 110 valence electrons. The van der Waals surface area contributed by atoms with Gasteiger partial charge in [-0.25, -0.2) is 4.79 Å². The Hall–Kier alpha value is -2.40. The van der Waals surface area contributed by atoms with Crippen molar-refractivity contribution in [1.29, 1.82) is 0 Å². The smallest absolute Gasteiger partial charge is 0.319 e. The van der Waals surface area contributed by atoms with Gasteiger partial charge in [0.1, 0.15) is 0 Å². The first-order valence-electron chi connectivity index (χ1n) is 6.94. The number of rotatable bonds is 5. The van der Waals surface area contributed by atoms with E-state index in [9.17, 15) is 4.79 Å². The van der Waals surface area contributed by atoms with Crippen molar-refractivity contribution in [2.75, 3.05) is 11.9 Å². The topological polar surface area (TPSA) is 80.0 Å². The van der Waals surface area contributed by atoms with Crippen molar-refractivity contribution >= 4 is 11.7 Å². The van der Waals surface area contributed by atoms with E-state index in [1.165, 1.54) is 0 Å². The van der Waals surface area contributed by atoms with Crippen LogP contribution in [0.3, 0.4) is 0 Å². The van der Waals surface area contributed by atoms with E-state index in [0.29, 0.717) is 6.54 Å². The van der Waals surface area contributed by atoms with Crippen LogP contribution in [-0.2, 0) is 6.42 Å². The van der Waals surface area contributed by atoms with Crippen molar-refractivity contribution in [3.8, 4) is 0 Å². The second-order valence-corrected chi connectivity index (χ2v) is 4.90. The van der Waals surface area contributed by atoms with Crippen LogP contribution < -0.4 is 16.4 Å². The highest BCUT2D eigenvalue weighted by Crippen LogP contribution is 2.13. The van der Waals surface area contributed by atoms with Gasteiger partial charge in [0.25, 0.3) is 0 Å². The highest BCUT2D eigenvalue weighted by atomic mass is 16.2. The third-order valence-corrected chi connectivity index (χ3v) is 3.14. The summed E-state index contributed by atoms with van der Waals surface area (Å²) in [6, 6.07) is 11.2. The molecular weight excluding hydrogens is 264 g/mol. The average Bonchev–Trinajstić information content (AvgIpc) is 2.49. The summed E-state index contributed by atoms with van der Waals surface area (Å²) in [5.41, 5.74) is 8.72. The highest BCUT2D eigenvalue weighted by Gasteiger charge is 2.03. The Labute approximate surface area is 124 Å². The second-order valence-electron chi connectivity index (χ2n) is 4.90. The van der Waals surface area contributed by atoms with Gasteiger partial charge in [0.2, 0.25) is 0 Å². The van der Waals surface area contributed by atoms with E-state index in [1.54, 1.807) is 12.4 Å². The Morgan fingerprint density at radius 3 is 2.48 bits per heavy atom. The Kier molecular flexibility index (Phi) is 5.29. The van der Waals surface area contributed by atoms with Crippen molar-refractivity contribution < 1.29 is 4.79 Å². The molecule has 0 aliphatic rings. The lowest BCUT2D eigenvalue weighted by Gasteiger charge is -2.09. The zero-order valence-electron chi connectivity index (χ0n) is 12.0. The molecule has 0 saturated heterocycles. The number of nitrogens with one attached hydrogen (secondary N) is 2. The van der Waals surface area contributed by atoms with Crippen molar-refractivity contribution in [2.24, 2.45) is 5.73 Å². The lowest BCUT2D eigenvalue weighted by atomic mass is 10.1. The van der Waals surface area contributed by atoms with E-state index >= 15 is 0 Å². The fraction of sp³-hybridized carbons (Fsp3) is 0.250. The molecule has 0 aliphatic carbocycles. The molecule has 1 aromatic carbocycles. The summed E-state index contributed by atoms with van der Waals surface area (Å²) in [6.07, 6.45) is 4.27. The number of carbonyl (C=O) groups is 1. The standard InChI is InChI=1S/C16H20N4O/c1-12(17)14-2-4-15(5-3-14)20-16(21)19-11-8-13-6-9-18-10-7-13/h2-7,9-10,12H,8,11,17H2,1H3,(H2,19,20,21). The Bertz CT molecular complexity index is 567. The first kappa shape index (κ1) is 15.0.